The summed E-state index contributed by atoms with van der Waals surface area (Å²) in [5.74, 6) is 1.68. The summed E-state index contributed by atoms with van der Waals surface area (Å²) in [5, 5.41) is 0. The zero-order chi connectivity index (χ0) is 19.0. The van der Waals surface area contributed by atoms with Crippen molar-refractivity contribution in [2.45, 2.75) is 12.3 Å². The van der Waals surface area contributed by atoms with Crippen molar-refractivity contribution >= 4 is 0 Å². The van der Waals surface area contributed by atoms with Crippen molar-refractivity contribution in [2.75, 3.05) is 33.5 Å². The maximum Gasteiger partial charge on any atom is 0.231 e. The number of likely N-dealkylation sites (tertiary alicyclic amines) is 1. The van der Waals surface area contributed by atoms with E-state index in [4.69, 9.17) is 17.0 Å². The van der Waals surface area contributed by atoms with Crippen LogP contribution < -0.4 is 14.2 Å². The van der Waals surface area contributed by atoms with Crippen molar-refractivity contribution in [3.8, 4) is 17.2 Å². The Labute approximate surface area is 149 Å². The van der Waals surface area contributed by atoms with Gasteiger partial charge in [0.15, 0.2) is 11.5 Å². The number of hydrogen-bond acceptors (Lipinski definition) is 4. The molecule has 0 N–H and O–H groups in total. The zero-order valence-corrected chi connectivity index (χ0v) is 14.1. The van der Waals surface area contributed by atoms with Gasteiger partial charge in [-0.1, -0.05) is 12.1 Å². The highest BCUT2D eigenvalue weighted by Crippen LogP contribution is 2.37. The third-order valence-corrected chi connectivity index (χ3v) is 4.92. The summed E-state index contributed by atoms with van der Waals surface area (Å²) in [6, 6.07) is 11.8. The molecule has 4 nitrogen and oxygen atoms in total. The van der Waals surface area contributed by atoms with Gasteiger partial charge in [0.25, 0.3) is 0 Å². The molecule has 0 saturated carbocycles. The van der Waals surface area contributed by atoms with Gasteiger partial charge in [-0.2, -0.15) is 0 Å². The molecule has 2 aliphatic rings. The molecule has 0 aliphatic carbocycles. The Morgan fingerprint density at radius 3 is 2.84 bits per heavy atom. The topological polar surface area (TPSA) is 30.9 Å². The van der Waals surface area contributed by atoms with Gasteiger partial charge in [0.1, 0.15) is 14.3 Å². The SMILES string of the molecule is [2H]C1([2H])Oc2ccc(OCC3CN(C)CC[C@H]3c3ccc(F)cc3)cc2O1. The van der Waals surface area contributed by atoms with Crippen molar-refractivity contribution in [2.24, 2.45) is 5.92 Å². The van der Waals surface area contributed by atoms with Gasteiger partial charge in [0.2, 0.25) is 6.75 Å². The highest BCUT2D eigenvalue weighted by molar-refractivity contribution is 5.46. The highest BCUT2D eigenvalue weighted by Gasteiger charge is 2.29. The van der Waals surface area contributed by atoms with E-state index in [1.165, 1.54) is 12.1 Å². The number of fused-ring (bicyclic) bond motifs is 1. The monoisotopic (exact) mass is 345 g/mol. The summed E-state index contributed by atoms with van der Waals surface area (Å²) in [6.45, 7) is 0.270. The zero-order valence-electron chi connectivity index (χ0n) is 16.1. The summed E-state index contributed by atoms with van der Waals surface area (Å²) in [6.07, 6.45) is 0.998. The van der Waals surface area contributed by atoms with E-state index in [0.717, 1.165) is 25.1 Å². The van der Waals surface area contributed by atoms with Crippen LogP contribution in [0, 0.1) is 11.7 Å². The van der Waals surface area contributed by atoms with E-state index in [1.807, 2.05) is 12.1 Å². The van der Waals surface area contributed by atoms with Crippen LogP contribution in [-0.4, -0.2) is 38.4 Å². The first-order valence-electron chi connectivity index (χ1n) is 9.48. The molecule has 2 aliphatic heterocycles. The van der Waals surface area contributed by atoms with Gasteiger partial charge in [-0.3, -0.25) is 0 Å². The minimum Gasteiger partial charge on any atom is -0.493 e. The third kappa shape index (κ3) is 3.56. The molecule has 0 aromatic heterocycles. The van der Waals surface area contributed by atoms with Crippen molar-refractivity contribution in [1.29, 1.82) is 0 Å². The van der Waals surface area contributed by atoms with E-state index in [2.05, 4.69) is 11.9 Å². The molecule has 0 spiro atoms. The minimum absolute atomic E-state index is 0.222. The number of hydrogen-bond donors (Lipinski definition) is 0. The molecule has 25 heavy (non-hydrogen) atoms. The lowest BCUT2D eigenvalue weighted by molar-refractivity contribution is 0.129. The highest BCUT2D eigenvalue weighted by atomic mass is 19.1. The van der Waals surface area contributed by atoms with Gasteiger partial charge in [-0.15, -0.1) is 0 Å². The Morgan fingerprint density at radius 1 is 1.20 bits per heavy atom. The lowest BCUT2D eigenvalue weighted by Crippen LogP contribution is -2.39. The summed E-state index contributed by atoms with van der Waals surface area (Å²) < 4.78 is 44.5. The van der Waals surface area contributed by atoms with Crippen LogP contribution in [-0.2, 0) is 0 Å². The number of rotatable bonds is 4. The average molecular weight is 345 g/mol. The summed E-state index contributed by atoms with van der Waals surface area (Å²) in [4.78, 5) is 2.28. The molecule has 0 radical (unpaired) electrons. The number of ether oxygens (including phenoxy) is 3. The smallest absolute Gasteiger partial charge is 0.231 e. The number of benzene rings is 2. The molecule has 4 rings (SSSR count). The van der Waals surface area contributed by atoms with E-state index in [1.54, 1.807) is 18.2 Å². The Hall–Kier alpha value is -2.27. The summed E-state index contributed by atoms with van der Waals surface area (Å²) >= 11 is 0. The predicted octanol–water partition coefficient (Wildman–Crippen LogP) is 3.67. The Bertz CT molecular complexity index is 815. The standard InChI is InChI=1S/C20H22FNO3/c1-22-9-8-18(14-2-4-16(21)5-3-14)15(11-22)12-23-17-6-7-19-20(10-17)25-13-24-19/h2-7,10,15,18H,8-9,11-13H2,1H3/t15?,18-/m0/s1/i13D2. The van der Waals surface area contributed by atoms with E-state index in [9.17, 15) is 4.39 Å². The van der Waals surface area contributed by atoms with Gasteiger partial charge < -0.3 is 19.1 Å². The van der Waals surface area contributed by atoms with Crippen LogP contribution in [0.4, 0.5) is 4.39 Å². The normalized spacial score (nSPS) is 26.0. The van der Waals surface area contributed by atoms with E-state index in [-0.39, 0.29) is 11.7 Å². The first-order chi connectivity index (χ1) is 12.9. The first kappa shape index (κ1) is 14.0. The largest absolute Gasteiger partial charge is 0.493 e. The fraction of sp³-hybridized carbons (Fsp3) is 0.400. The van der Waals surface area contributed by atoms with Crippen LogP contribution >= 0.6 is 0 Å². The minimum atomic E-state index is -2.14. The molecule has 2 aromatic carbocycles. The lowest BCUT2D eigenvalue weighted by atomic mass is 9.81. The van der Waals surface area contributed by atoms with Crippen LogP contribution in [0.15, 0.2) is 42.5 Å². The van der Waals surface area contributed by atoms with Crippen molar-refractivity contribution in [3.63, 3.8) is 0 Å². The summed E-state index contributed by atoms with van der Waals surface area (Å²) in [7, 11) is 2.09. The van der Waals surface area contributed by atoms with Gasteiger partial charge in [0.05, 0.1) is 6.61 Å². The lowest BCUT2D eigenvalue weighted by Gasteiger charge is -2.37. The fourth-order valence-corrected chi connectivity index (χ4v) is 3.59. The molecule has 132 valence electrons. The van der Waals surface area contributed by atoms with E-state index in [0.29, 0.717) is 29.8 Å². The fourth-order valence-electron chi connectivity index (χ4n) is 3.59. The molecule has 0 amide bonds. The molecule has 2 aromatic rings. The van der Waals surface area contributed by atoms with Gasteiger partial charge in [-0.25, -0.2) is 4.39 Å². The molecule has 1 unspecified atom stereocenters. The molecule has 2 heterocycles. The molecule has 2 atom stereocenters. The second-order valence-corrected chi connectivity index (χ2v) is 6.68. The molecular weight excluding hydrogens is 321 g/mol. The number of piperidine rings is 1. The maximum absolute atomic E-state index is 13.3. The molecular formula is C20H22FNO3. The molecule has 0 bridgehead atoms. The van der Waals surface area contributed by atoms with Crippen LogP contribution in [0.1, 0.15) is 20.6 Å². The molecule has 1 saturated heterocycles. The van der Waals surface area contributed by atoms with Crippen LogP contribution in [0.25, 0.3) is 0 Å². The van der Waals surface area contributed by atoms with Gasteiger partial charge >= 0.3 is 0 Å². The Morgan fingerprint density at radius 2 is 2.00 bits per heavy atom. The second kappa shape index (κ2) is 6.92. The Kier molecular flexibility index (Phi) is 3.86. The number of halogens is 1. The molecule has 1 fully saturated rings. The summed E-state index contributed by atoms with van der Waals surface area (Å²) in [5.41, 5.74) is 1.14. The van der Waals surface area contributed by atoms with Crippen LogP contribution in [0.2, 0.25) is 0 Å². The van der Waals surface area contributed by atoms with Crippen molar-refractivity contribution in [3.05, 3.63) is 53.8 Å². The van der Waals surface area contributed by atoms with Gasteiger partial charge in [0, 0.05) is 18.5 Å². The van der Waals surface area contributed by atoms with E-state index < -0.39 is 6.75 Å². The van der Waals surface area contributed by atoms with Crippen molar-refractivity contribution in [1.82, 2.24) is 4.90 Å². The second-order valence-electron chi connectivity index (χ2n) is 6.68. The molecule has 5 heteroatoms. The Balaban J connectivity index is 1.46. The van der Waals surface area contributed by atoms with E-state index >= 15 is 0 Å². The quantitative estimate of drug-likeness (QED) is 0.846. The van der Waals surface area contributed by atoms with Crippen LogP contribution in [0.5, 0.6) is 17.2 Å². The maximum atomic E-state index is 13.3. The third-order valence-electron chi connectivity index (χ3n) is 4.92. The predicted molar refractivity (Wildman–Crippen MR) is 92.8 cm³/mol. The van der Waals surface area contributed by atoms with Gasteiger partial charge in [-0.05, 0) is 55.8 Å². The average Bonchev–Trinajstić information content (AvgIpc) is 2.94. The number of nitrogens with zero attached hydrogens (tertiary/aromatic N) is 1. The van der Waals surface area contributed by atoms with Crippen LogP contribution in [0.3, 0.4) is 0 Å². The first-order valence-corrected chi connectivity index (χ1v) is 8.48. The van der Waals surface area contributed by atoms with Crippen molar-refractivity contribution < 1.29 is 21.3 Å².